The van der Waals surface area contributed by atoms with Crippen molar-refractivity contribution in [3.63, 3.8) is 0 Å². The normalized spacial score (nSPS) is 16.0. The minimum atomic E-state index is -4.36. The highest BCUT2D eigenvalue weighted by Gasteiger charge is 2.31. The second kappa shape index (κ2) is 7.65. The Kier molecular flexibility index (Phi) is 5.50. The van der Waals surface area contributed by atoms with E-state index >= 15 is 0 Å². The van der Waals surface area contributed by atoms with Crippen LogP contribution in [0.4, 0.5) is 24.9 Å². The second-order valence-electron chi connectivity index (χ2n) is 6.41. The maximum atomic E-state index is 12.8. The Morgan fingerprint density at radius 3 is 2.46 bits per heavy atom. The molecule has 0 atom stereocenters. The quantitative estimate of drug-likeness (QED) is 0.798. The topological polar surface area (TPSA) is 45.2 Å². The molecule has 0 aromatic carbocycles. The van der Waals surface area contributed by atoms with Gasteiger partial charge in [-0.1, -0.05) is 11.6 Å². The van der Waals surface area contributed by atoms with Gasteiger partial charge in [0.15, 0.2) is 0 Å². The lowest BCUT2D eigenvalue weighted by molar-refractivity contribution is -0.137. The fourth-order valence-electron chi connectivity index (χ4n) is 3.07. The minimum absolute atomic E-state index is 0.336. The lowest BCUT2D eigenvalue weighted by Gasteiger charge is -2.34. The number of alkyl halides is 3. The van der Waals surface area contributed by atoms with E-state index in [-0.39, 0.29) is 0 Å². The van der Waals surface area contributed by atoms with E-state index < -0.39 is 11.7 Å². The maximum Gasteiger partial charge on any atom is 0.416 e. The number of nitrogens with zero attached hydrogens (tertiary/aromatic N) is 5. The first-order chi connectivity index (χ1) is 12.3. The molecule has 1 saturated heterocycles. The van der Waals surface area contributed by atoms with Crippen LogP contribution in [0, 0.1) is 5.92 Å². The fourth-order valence-corrected chi connectivity index (χ4v) is 3.17. The summed E-state index contributed by atoms with van der Waals surface area (Å²) in [5, 5.41) is 0.499. The Balaban J connectivity index is 1.56. The number of piperidine rings is 1. The van der Waals surface area contributed by atoms with Gasteiger partial charge in [-0.2, -0.15) is 13.2 Å². The molecule has 2 aromatic heterocycles. The third-order valence-electron chi connectivity index (χ3n) is 4.50. The standard InChI is InChI=1S/C17H19ClF3N5/c1-25(15-8-13(2-5-22-15)17(19,20)21)11-12-3-6-26(7-4-12)16-23-9-14(18)10-24-16/h2,5,8-10,12H,3-4,6-7,11H2,1H3. The van der Waals surface area contributed by atoms with Crippen LogP contribution in [-0.2, 0) is 6.18 Å². The Bertz CT molecular complexity index is 730. The summed E-state index contributed by atoms with van der Waals surface area (Å²) in [6.45, 7) is 2.26. The molecule has 0 spiro atoms. The molecular weight excluding hydrogens is 367 g/mol. The molecule has 1 fully saturated rings. The van der Waals surface area contributed by atoms with Crippen LogP contribution in [0.25, 0.3) is 0 Å². The molecule has 0 radical (unpaired) electrons. The Morgan fingerprint density at radius 1 is 1.19 bits per heavy atom. The number of hydrogen-bond donors (Lipinski definition) is 0. The lowest BCUT2D eigenvalue weighted by Crippen LogP contribution is -2.38. The van der Waals surface area contributed by atoms with Crippen molar-refractivity contribution in [2.75, 3.05) is 36.5 Å². The van der Waals surface area contributed by atoms with Gasteiger partial charge in [0.25, 0.3) is 0 Å². The lowest BCUT2D eigenvalue weighted by atomic mass is 9.96. The Hall–Kier alpha value is -2.09. The van der Waals surface area contributed by atoms with E-state index in [1.807, 2.05) is 0 Å². The predicted octanol–water partition coefficient (Wildman–Crippen LogP) is 3.90. The average molecular weight is 386 g/mol. The molecule has 0 bridgehead atoms. The zero-order valence-electron chi connectivity index (χ0n) is 14.2. The average Bonchev–Trinajstić information content (AvgIpc) is 2.62. The zero-order valence-corrected chi connectivity index (χ0v) is 15.0. The smallest absolute Gasteiger partial charge is 0.359 e. The molecule has 26 heavy (non-hydrogen) atoms. The molecule has 2 aromatic rings. The monoisotopic (exact) mass is 385 g/mol. The van der Waals surface area contributed by atoms with Gasteiger partial charge in [-0.15, -0.1) is 0 Å². The number of halogens is 4. The Morgan fingerprint density at radius 2 is 1.85 bits per heavy atom. The number of aromatic nitrogens is 3. The summed E-state index contributed by atoms with van der Waals surface area (Å²) in [6, 6.07) is 2.08. The maximum absolute atomic E-state index is 12.8. The van der Waals surface area contributed by atoms with Crippen LogP contribution >= 0.6 is 11.6 Å². The molecule has 9 heteroatoms. The van der Waals surface area contributed by atoms with Crippen molar-refractivity contribution in [2.45, 2.75) is 19.0 Å². The first-order valence-corrected chi connectivity index (χ1v) is 8.67. The molecule has 1 aliphatic heterocycles. The molecule has 0 saturated carbocycles. The van der Waals surface area contributed by atoms with E-state index in [4.69, 9.17) is 11.6 Å². The van der Waals surface area contributed by atoms with E-state index in [9.17, 15) is 13.2 Å². The van der Waals surface area contributed by atoms with Crippen molar-refractivity contribution in [2.24, 2.45) is 5.92 Å². The summed E-state index contributed by atoms with van der Waals surface area (Å²) >= 11 is 5.80. The Labute approximate surface area is 154 Å². The number of anilines is 2. The zero-order chi connectivity index (χ0) is 18.7. The van der Waals surface area contributed by atoms with Gasteiger partial charge >= 0.3 is 6.18 Å². The van der Waals surface area contributed by atoms with Crippen LogP contribution in [0.2, 0.25) is 5.02 Å². The highest BCUT2D eigenvalue weighted by molar-refractivity contribution is 6.30. The molecule has 3 rings (SSSR count). The third-order valence-corrected chi connectivity index (χ3v) is 4.70. The molecule has 5 nitrogen and oxygen atoms in total. The third kappa shape index (κ3) is 4.55. The highest BCUT2D eigenvalue weighted by Crippen LogP contribution is 2.31. The predicted molar refractivity (Wildman–Crippen MR) is 94.5 cm³/mol. The van der Waals surface area contributed by atoms with E-state index in [0.29, 0.717) is 29.3 Å². The van der Waals surface area contributed by atoms with Crippen molar-refractivity contribution in [1.29, 1.82) is 0 Å². The fraction of sp³-hybridized carbons (Fsp3) is 0.471. The summed E-state index contributed by atoms with van der Waals surface area (Å²) in [4.78, 5) is 16.4. The van der Waals surface area contributed by atoms with Crippen molar-refractivity contribution < 1.29 is 13.2 Å². The van der Waals surface area contributed by atoms with Crippen molar-refractivity contribution in [1.82, 2.24) is 15.0 Å². The van der Waals surface area contributed by atoms with Gasteiger partial charge in [-0.3, -0.25) is 0 Å². The van der Waals surface area contributed by atoms with Gasteiger partial charge in [0.05, 0.1) is 23.0 Å². The van der Waals surface area contributed by atoms with Gasteiger partial charge < -0.3 is 9.80 Å². The summed E-state index contributed by atoms with van der Waals surface area (Å²) < 4.78 is 38.5. The van der Waals surface area contributed by atoms with Gasteiger partial charge in [0.2, 0.25) is 5.95 Å². The van der Waals surface area contributed by atoms with Crippen LogP contribution in [0.1, 0.15) is 18.4 Å². The van der Waals surface area contributed by atoms with Gasteiger partial charge in [0.1, 0.15) is 5.82 Å². The van der Waals surface area contributed by atoms with Crippen LogP contribution in [0.5, 0.6) is 0 Å². The summed E-state index contributed by atoms with van der Waals surface area (Å²) in [5.74, 6) is 1.36. The minimum Gasteiger partial charge on any atom is -0.359 e. The van der Waals surface area contributed by atoms with Crippen molar-refractivity contribution >= 4 is 23.4 Å². The molecule has 1 aliphatic rings. The van der Waals surface area contributed by atoms with Gasteiger partial charge in [-0.25, -0.2) is 15.0 Å². The first kappa shape index (κ1) is 18.7. The van der Waals surface area contributed by atoms with Gasteiger partial charge in [-0.05, 0) is 30.9 Å². The van der Waals surface area contributed by atoms with E-state index in [1.54, 1.807) is 24.3 Å². The summed E-state index contributed by atoms with van der Waals surface area (Å²) in [6.07, 6.45) is 1.81. The molecule has 0 unspecified atom stereocenters. The van der Waals surface area contributed by atoms with Crippen LogP contribution < -0.4 is 9.80 Å². The van der Waals surface area contributed by atoms with Gasteiger partial charge in [0, 0.05) is 32.9 Å². The SMILES string of the molecule is CN(CC1CCN(c2ncc(Cl)cn2)CC1)c1cc(C(F)(F)F)ccn1. The molecule has 3 heterocycles. The molecule has 0 amide bonds. The highest BCUT2D eigenvalue weighted by atomic mass is 35.5. The largest absolute Gasteiger partial charge is 0.416 e. The van der Waals surface area contributed by atoms with Crippen molar-refractivity contribution in [3.05, 3.63) is 41.3 Å². The summed E-state index contributed by atoms with van der Waals surface area (Å²) in [5.41, 5.74) is -0.677. The van der Waals surface area contributed by atoms with E-state index in [2.05, 4.69) is 19.9 Å². The van der Waals surface area contributed by atoms with Crippen LogP contribution in [0.15, 0.2) is 30.7 Å². The van der Waals surface area contributed by atoms with Crippen LogP contribution in [0.3, 0.4) is 0 Å². The molecular formula is C17H19ClF3N5. The molecule has 0 aliphatic carbocycles. The first-order valence-electron chi connectivity index (χ1n) is 8.30. The molecule has 0 N–H and O–H groups in total. The van der Waals surface area contributed by atoms with Crippen LogP contribution in [-0.4, -0.2) is 41.6 Å². The summed E-state index contributed by atoms with van der Waals surface area (Å²) in [7, 11) is 1.77. The number of rotatable bonds is 4. The number of pyridine rings is 1. The number of hydrogen-bond acceptors (Lipinski definition) is 5. The van der Waals surface area contributed by atoms with Crippen molar-refractivity contribution in [3.8, 4) is 0 Å². The van der Waals surface area contributed by atoms with E-state index in [0.717, 1.165) is 38.1 Å². The second-order valence-corrected chi connectivity index (χ2v) is 6.85. The van der Waals surface area contributed by atoms with E-state index in [1.165, 1.54) is 6.20 Å². The molecule has 140 valence electrons.